The zero-order valence-corrected chi connectivity index (χ0v) is 15.8. The molecule has 25 heavy (non-hydrogen) atoms. The summed E-state index contributed by atoms with van der Waals surface area (Å²) >= 11 is 5.63. The summed E-state index contributed by atoms with van der Waals surface area (Å²) in [7, 11) is 0. The monoisotopic (exact) mass is 427 g/mol. The normalized spacial score (nSPS) is 11.0. The number of ketones is 1. The average Bonchev–Trinajstić information content (AvgIpc) is 2.94. The van der Waals surface area contributed by atoms with Crippen LogP contribution >= 0.6 is 11.6 Å². The molecule has 0 unspecified atom stereocenters. The fourth-order valence-electron chi connectivity index (χ4n) is 2.50. The van der Waals surface area contributed by atoms with Crippen molar-refractivity contribution in [3.8, 4) is 0 Å². The number of fused-ring (bicyclic) bond motifs is 1. The van der Waals surface area contributed by atoms with Gasteiger partial charge in [-0.15, -0.1) is 0 Å². The third kappa shape index (κ3) is 3.75. The summed E-state index contributed by atoms with van der Waals surface area (Å²) in [5, 5.41) is 12.9. The van der Waals surface area contributed by atoms with Crippen LogP contribution in [0.1, 0.15) is 27.6 Å². The van der Waals surface area contributed by atoms with Crippen LogP contribution in [-0.2, 0) is 0 Å². The quantitative estimate of drug-likeness (QED) is 0.466. The molecular formula is C17H15ClFN3O2Se. The summed E-state index contributed by atoms with van der Waals surface area (Å²) in [4.78, 5) is 20.9. The van der Waals surface area contributed by atoms with Gasteiger partial charge in [0.15, 0.2) is 0 Å². The summed E-state index contributed by atoms with van der Waals surface area (Å²) in [6, 6.07) is 4.34. The zero-order valence-electron chi connectivity index (χ0n) is 13.3. The van der Waals surface area contributed by atoms with Gasteiger partial charge >= 0.3 is 154 Å². The number of nitrogens with one attached hydrogen (secondary N) is 1. The Labute approximate surface area is 154 Å². The van der Waals surface area contributed by atoms with Crippen LogP contribution < -0.4 is 5.32 Å². The average molecular weight is 427 g/mol. The Morgan fingerprint density at radius 2 is 2.20 bits per heavy atom. The van der Waals surface area contributed by atoms with Crippen molar-refractivity contribution in [1.29, 1.82) is 0 Å². The van der Waals surface area contributed by atoms with Crippen LogP contribution in [0.3, 0.4) is 0 Å². The predicted molar refractivity (Wildman–Crippen MR) is 96.6 cm³/mol. The van der Waals surface area contributed by atoms with Gasteiger partial charge in [-0.25, -0.2) is 0 Å². The molecule has 0 atom stereocenters. The first kappa shape index (κ1) is 18.0. The predicted octanol–water partition coefficient (Wildman–Crippen LogP) is 3.49. The summed E-state index contributed by atoms with van der Waals surface area (Å²) in [5.41, 5.74) is 1.46. The summed E-state index contributed by atoms with van der Waals surface area (Å²) in [6.45, 7) is 1.88. The molecular weight excluding hydrogens is 412 g/mol. The Kier molecular flexibility index (Phi) is 5.49. The van der Waals surface area contributed by atoms with Crippen molar-refractivity contribution in [2.75, 3.05) is 11.9 Å². The van der Waals surface area contributed by atoms with Gasteiger partial charge in [-0.2, -0.15) is 0 Å². The number of hydrogen-bond acceptors (Lipinski definition) is 5. The summed E-state index contributed by atoms with van der Waals surface area (Å²) in [5.74, 6) is 0.119. The van der Waals surface area contributed by atoms with E-state index in [1.165, 1.54) is 18.5 Å². The molecule has 3 rings (SSSR count). The van der Waals surface area contributed by atoms with E-state index in [4.69, 9.17) is 16.7 Å². The number of halogens is 2. The van der Waals surface area contributed by atoms with Crippen LogP contribution in [0.15, 0.2) is 24.5 Å². The SMILES string of the molecule is Cc1c(C(=O)CCCO)[se]c2ncnc(Nc3ccc(F)c(Cl)c3)c12. The van der Waals surface area contributed by atoms with E-state index in [9.17, 15) is 9.18 Å². The molecule has 0 bridgehead atoms. The molecule has 130 valence electrons. The van der Waals surface area contributed by atoms with Gasteiger partial charge in [-0.3, -0.25) is 0 Å². The Morgan fingerprint density at radius 1 is 1.40 bits per heavy atom. The molecule has 8 heteroatoms. The first-order valence-corrected chi connectivity index (χ1v) is 9.70. The standard InChI is InChI=1S/C17H15ClFN3O2Se/c1-9-14-16(22-10-4-5-12(19)11(18)7-10)20-8-21-17(14)25-15(9)13(24)3-2-6-23/h4-5,7-8,23H,2-3,6H2,1H3,(H,20,21,22). The number of aryl methyl sites for hydroxylation is 1. The van der Waals surface area contributed by atoms with Crippen molar-refractivity contribution in [2.24, 2.45) is 0 Å². The van der Waals surface area contributed by atoms with Crippen molar-refractivity contribution < 1.29 is 14.3 Å². The number of benzene rings is 1. The number of rotatable bonds is 6. The molecule has 2 N–H and O–H groups in total. The third-order valence-corrected chi connectivity index (χ3v) is 6.62. The van der Waals surface area contributed by atoms with Gasteiger partial charge in [-0.05, 0) is 0 Å². The van der Waals surface area contributed by atoms with Crippen molar-refractivity contribution in [3.63, 3.8) is 0 Å². The minimum absolute atomic E-state index is 0.00401. The Morgan fingerprint density at radius 3 is 2.92 bits per heavy atom. The molecule has 0 fully saturated rings. The number of nitrogens with zero attached hydrogens (tertiary/aromatic N) is 2. The van der Waals surface area contributed by atoms with Crippen molar-refractivity contribution in [2.45, 2.75) is 19.8 Å². The second kappa shape index (κ2) is 7.62. The fraction of sp³-hybridized carbons (Fsp3) is 0.235. The van der Waals surface area contributed by atoms with Crippen LogP contribution in [0.25, 0.3) is 9.78 Å². The van der Waals surface area contributed by atoms with Gasteiger partial charge in [0, 0.05) is 0 Å². The van der Waals surface area contributed by atoms with Crippen LogP contribution in [0.4, 0.5) is 15.9 Å². The van der Waals surface area contributed by atoms with E-state index in [0.29, 0.717) is 24.3 Å². The number of anilines is 2. The van der Waals surface area contributed by atoms with E-state index in [0.717, 1.165) is 19.8 Å². The zero-order chi connectivity index (χ0) is 18.0. The van der Waals surface area contributed by atoms with E-state index in [1.54, 1.807) is 6.07 Å². The summed E-state index contributed by atoms with van der Waals surface area (Å²) < 4.78 is 14.9. The number of carbonyl (C=O) groups is 1. The van der Waals surface area contributed by atoms with E-state index < -0.39 is 5.82 Å². The Hall–Kier alpha value is -1.79. The second-order valence-electron chi connectivity index (χ2n) is 5.46. The first-order valence-electron chi connectivity index (χ1n) is 7.61. The fourth-order valence-corrected chi connectivity index (χ4v) is 5.02. The molecule has 0 saturated heterocycles. The number of carbonyl (C=O) groups excluding carboxylic acids is 1. The van der Waals surface area contributed by atoms with Gasteiger partial charge in [0.1, 0.15) is 0 Å². The van der Waals surface area contributed by atoms with E-state index in [1.807, 2.05) is 6.92 Å². The van der Waals surface area contributed by atoms with E-state index in [-0.39, 0.29) is 31.9 Å². The molecule has 3 aromatic rings. The molecule has 5 nitrogen and oxygen atoms in total. The van der Waals surface area contributed by atoms with Gasteiger partial charge in [0.25, 0.3) is 0 Å². The molecule has 2 heterocycles. The molecule has 2 aromatic heterocycles. The molecule has 0 amide bonds. The van der Waals surface area contributed by atoms with Gasteiger partial charge in [0.2, 0.25) is 0 Å². The maximum absolute atomic E-state index is 13.3. The molecule has 0 aliphatic heterocycles. The molecule has 0 radical (unpaired) electrons. The number of aliphatic hydroxyl groups is 1. The van der Waals surface area contributed by atoms with Crippen molar-refractivity contribution >= 4 is 53.2 Å². The van der Waals surface area contributed by atoms with Crippen LogP contribution in [0.2, 0.25) is 5.02 Å². The van der Waals surface area contributed by atoms with Crippen LogP contribution in [-0.4, -0.2) is 42.0 Å². The molecule has 0 aliphatic rings. The number of hydrogen-bond donors (Lipinski definition) is 2. The first-order chi connectivity index (χ1) is 12.0. The van der Waals surface area contributed by atoms with E-state index in [2.05, 4.69) is 15.3 Å². The minimum atomic E-state index is -0.490. The Bertz CT molecular complexity index is 945. The van der Waals surface area contributed by atoms with Crippen molar-refractivity contribution in [1.82, 2.24) is 9.97 Å². The topological polar surface area (TPSA) is 75.1 Å². The molecule has 1 aromatic carbocycles. The molecule has 0 aliphatic carbocycles. The van der Waals surface area contributed by atoms with E-state index >= 15 is 0 Å². The van der Waals surface area contributed by atoms with Gasteiger partial charge in [0.05, 0.1) is 0 Å². The van der Waals surface area contributed by atoms with Crippen LogP contribution in [0.5, 0.6) is 0 Å². The van der Waals surface area contributed by atoms with Gasteiger partial charge in [-0.1, -0.05) is 0 Å². The van der Waals surface area contributed by atoms with Crippen molar-refractivity contribution in [3.05, 3.63) is 45.4 Å². The number of aliphatic hydroxyl groups excluding tert-OH is 1. The molecule has 0 spiro atoms. The number of Topliss-reactive ketones (excluding diaryl/α,β-unsaturated/α-hetero) is 1. The third-order valence-electron chi connectivity index (χ3n) is 3.72. The van der Waals surface area contributed by atoms with Gasteiger partial charge < -0.3 is 0 Å². The maximum atomic E-state index is 13.3. The second-order valence-corrected chi connectivity index (χ2v) is 7.97. The van der Waals surface area contributed by atoms with Crippen LogP contribution in [0, 0.1) is 12.7 Å². The summed E-state index contributed by atoms with van der Waals surface area (Å²) in [6.07, 6.45) is 2.22. The molecule has 0 saturated carbocycles. The Balaban J connectivity index is 2.00. The number of aromatic nitrogens is 2.